The van der Waals surface area contributed by atoms with Crippen LogP contribution in [0.15, 0.2) is 42.5 Å². The highest BCUT2D eigenvalue weighted by atomic mass is 16.6. The number of imide groups is 1. The van der Waals surface area contributed by atoms with Crippen LogP contribution >= 0.6 is 0 Å². The summed E-state index contributed by atoms with van der Waals surface area (Å²) < 4.78 is 15.2. The van der Waals surface area contributed by atoms with E-state index in [-0.39, 0.29) is 36.7 Å². The molecule has 0 N–H and O–H groups in total. The van der Waals surface area contributed by atoms with Crippen LogP contribution in [0.25, 0.3) is 0 Å². The first-order valence-corrected chi connectivity index (χ1v) is 9.95. The third-order valence-corrected chi connectivity index (χ3v) is 4.72. The van der Waals surface area contributed by atoms with Gasteiger partial charge in [0.25, 0.3) is 0 Å². The number of piperazine rings is 1. The van der Waals surface area contributed by atoms with Gasteiger partial charge in [0, 0.05) is 26.0 Å². The number of hydrogen-bond acceptors (Lipinski definition) is 9. The number of benzene rings is 2. The zero-order chi connectivity index (χ0) is 24.1. The molecule has 1 aliphatic rings. The molecule has 3 rings (SSSR count). The number of carbonyl (C=O) groups is 5. The van der Waals surface area contributed by atoms with Crippen molar-refractivity contribution in [3.63, 3.8) is 0 Å². The highest BCUT2D eigenvalue weighted by Gasteiger charge is 2.33. The second kappa shape index (κ2) is 10.0. The normalized spacial score (nSPS) is 14.1. The summed E-state index contributed by atoms with van der Waals surface area (Å²) >= 11 is 0. The van der Waals surface area contributed by atoms with E-state index in [9.17, 15) is 24.0 Å². The molecule has 0 bridgehead atoms. The van der Waals surface area contributed by atoms with E-state index in [2.05, 4.69) is 0 Å². The Morgan fingerprint density at radius 3 is 1.97 bits per heavy atom. The van der Waals surface area contributed by atoms with Crippen LogP contribution in [0.3, 0.4) is 0 Å². The molecular weight excluding hydrogens is 432 g/mol. The Labute approximate surface area is 189 Å². The minimum atomic E-state index is -0.798. The van der Waals surface area contributed by atoms with Crippen molar-refractivity contribution < 1.29 is 38.2 Å². The molecule has 0 radical (unpaired) electrons. The first kappa shape index (κ1) is 23.6. The van der Waals surface area contributed by atoms with Gasteiger partial charge in [-0.15, -0.1) is 0 Å². The van der Waals surface area contributed by atoms with E-state index < -0.39 is 29.7 Å². The van der Waals surface area contributed by atoms with E-state index in [1.165, 1.54) is 12.1 Å². The van der Waals surface area contributed by atoms with Crippen molar-refractivity contribution in [3.05, 3.63) is 53.6 Å². The van der Waals surface area contributed by atoms with Gasteiger partial charge in [-0.25, -0.2) is 9.69 Å². The first-order chi connectivity index (χ1) is 15.7. The summed E-state index contributed by atoms with van der Waals surface area (Å²) in [7, 11) is 1.16. The SMILES string of the molecule is COC(=O)c1ccc(CN2CC(=O)N(c3ccccc3)C(=O)C2)c(OC(C)=O)c1OC(C)=O. The molecule has 2 amide bonds. The van der Waals surface area contributed by atoms with E-state index in [4.69, 9.17) is 14.2 Å². The maximum atomic E-state index is 12.7. The number of rotatable bonds is 6. The van der Waals surface area contributed by atoms with Gasteiger partial charge in [0.2, 0.25) is 11.8 Å². The van der Waals surface area contributed by atoms with Gasteiger partial charge in [-0.2, -0.15) is 0 Å². The van der Waals surface area contributed by atoms with Gasteiger partial charge in [0.05, 0.1) is 25.9 Å². The van der Waals surface area contributed by atoms with Crippen LogP contribution in [0.4, 0.5) is 5.69 Å². The van der Waals surface area contributed by atoms with E-state index in [1.807, 2.05) is 0 Å². The highest BCUT2D eigenvalue weighted by Crippen LogP contribution is 2.37. The minimum Gasteiger partial charge on any atom is -0.465 e. The monoisotopic (exact) mass is 454 g/mol. The molecule has 1 fully saturated rings. The van der Waals surface area contributed by atoms with Crippen LogP contribution in [0.2, 0.25) is 0 Å². The lowest BCUT2D eigenvalue weighted by Gasteiger charge is -2.33. The summed E-state index contributed by atoms with van der Waals surface area (Å²) in [4.78, 5) is 63.6. The zero-order valence-electron chi connectivity index (χ0n) is 18.3. The Morgan fingerprint density at radius 2 is 1.42 bits per heavy atom. The standard InChI is InChI=1S/C23H22N2O8/c1-14(26)32-21-16(9-10-18(23(30)31-3)22(21)33-15(2)27)11-24-12-19(28)25(20(29)13-24)17-7-5-4-6-8-17/h4-10H,11-13H2,1-3H3. The summed E-state index contributed by atoms with van der Waals surface area (Å²) in [6, 6.07) is 11.4. The van der Waals surface area contributed by atoms with E-state index in [0.29, 0.717) is 11.3 Å². The van der Waals surface area contributed by atoms with Crippen molar-refractivity contribution in [2.24, 2.45) is 0 Å². The average Bonchev–Trinajstić information content (AvgIpc) is 2.75. The number of para-hydroxylation sites is 1. The Hall–Kier alpha value is -4.05. The number of esters is 3. The molecular formula is C23H22N2O8. The number of amides is 2. The van der Waals surface area contributed by atoms with Crippen molar-refractivity contribution >= 4 is 35.4 Å². The number of carbonyl (C=O) groups excluding carboxylic acids is 5. The Kier molecular flexibility index (Phi) is 7.19. The molecule has 1 heterocycles. The van der Waals surface area contributed by atoms with Crippen LogP contribution in [0.5, 0.6) is 11.5 Å². The molecule has 0 unspecified atom stereocenters. The summed E-state index contributed by atoms with van der Waals surface area (Å²) in [6.45, 7) is 2.13. The van der Waals surface area contributed by atoms with Crippen LogP contribution in [-0.4, -0.2) is 54.8 Å². The van der Waals surface area contributed by atoms with E-state index >= 15 is 0 Å². The van der Waals surface area contributed by atoms with Crippen molar-refractivity contribution in [3.8, 4) is 11.5 Å². The van der Waals surface area contributed by atoms with Crippen molar-refractivity contribution in [2.45, 2.75) is 20.4 Å². The molecule has 2 aromatic rings. The van der Waals surface area contributed by atoms with Crippen LogP contribution in [0.1, 0.15) is 29.8 Å². The lowest BCUT2D eigenvalue weighted by Crippen LogP contribution is -2.53. The zero-order valence-corrected chi connectivity index (χ0v) is 18.3. The van der Waals surface area contributed by atoms with Gasteiger partial charge in [0.15, 0.2) is 11.5 Å². The second-order valence-electron chi connectivity index (χ2n) is 7.21. The highest BCUT2D eigenvalue weighted by molar-refractivity contribution is 6.17. The third-order valence-electron chi connectivity index (χ3n) is 4.72. The van der Waals surface area contributed by atoms with Crippen LogP contribution in [0, 0.1) is 0 Å². The van der Waals surface area contributed by atoms with Gasteiger partial charge < -0.3 is 14.2 Å². The fourth-order valence-corrected chi connectivity index (χ4v) is 3.44. The van der Waals surface area contributed by atoms with Crippen molar-refractivity contribution in [1.29, 1.82) is 0 Å². The fraction of sp³-hybridized carbons (Fsp3) is 0.261. The van der Waals surface area contributed by atoms with Crippen LogP contribution < -0.4 is 14.4 Å². The molecule has 10 nitrogen and oxygen atoms in total. The fourth-order valence-electron chi connectivity index (χ4n) is 3.44. The molecule has 0 spiro atoms. The second-order valence-corrected chi connectivity index (χ2v) is 7.21. The molecule has 0 atom stereocenters. The van der Waals surface area contributed by atoms with Gasteiger partial charge in [-0.1, -0.05) is 24.3 Å². The molecule has 0 aromatic heterocycles. The molecule has 1 aliphatic heterocycles. The number of anilines is 1. The van der Waals surface area contributed by atoms with Crippen molar-refractivity contribution in [1.82, 2.24) is 4.90 Å². The quantitative estimate of drug-likeness (QED) is 0.365. The third kappa shape index (κ3) is 5.42. The van der Waals surface area contributed by atoms with Crippen molar-refractivity contribution in [2.75, 3.05) is 25.1 Å². The predicted octanol–water partition coefficient (Wildman–Crippen LogP) is 1.70. The van der Waals surface area contributed by atoms with Gasteiger partial charge in [-0.05, 0) is 18.2 Å². The van der Waals surface area contributed by atoms with E-state index in [1.54, 1.807) is 35.2 Å². The topological polar surface area (TPSA) is 120 Å². The number of methoxy groups -OCH3 is 1. The summed E-state index contributed by atoms with van der Waals surface area (Å²) in [5, 5.41) is 0. The number of nitrogens with zero attached hydrogens (tertiary/aromatic N) is 2. The lowest BCUT2D eigenvalue weighted by atomic mass is 10.1. The molecule has 1 saturated heterocycles. The minimum absolute atomic E-state index is 0.0123. The van der Waals surface area contributed by atoms with Crippen LogP contribution in [-0.2, 0) is 30.5 Å². The Morgan fingerprint density at radius 1 is 0.848 bits per heavy atom. The molecule has 33 heavy (non-hydrogen) atoms. The smallest absolute Gasteiger partial charge is 0.341 e. The summed E-state index contributed by atoms with van der Waals surface area (Å²) in [6.07, 6.45) is 0. The lowest BCUT2D eigenvalue weighted by molar-refractivity contribution is -0.134. The Bertz CT molecular complexity index is 1090. The van der Waals surface area contributed by atoms with Gasteiger partial charge in [-0.3, -0.25) is 24.1 Å². The molecule has 0 saturated carbocycles. The summed E-state index contributed by atoms with van der Waals surface area (Å²) in [5.74, 6) is -3.53. The largest absolute Gasteiger partial charge is 0.465 e. The maximum absolute atomic E-state index is 12.7. The predicted molar refractivity (Wildman–Crippen MR) is 115 cm³/mol. The van der Waals surface area contributed by atoms with Gasteiger partial charge >= 0.3 is 17.9 Å². The molecule has 10 heteroatoms. The van der Waals surface area contributed by atoms with E-state index in [0.717, 1.165) is 25.9 Å². The molecule has 2 aromatic carbocycles. The average molecular weight is 454 g/mol. The first-order valence-electron chi connectivity index (χ1n) is 9.95. The van der Waals surface area contributed by atoms with Gasteiger partial charge in [0.1, 0.15) is 5.56 Å². The maximum Gasteiger partial charge on any atom is 0.341 e. The summed E-state index contributed by atoms with van der Waals surface area (Å²) in [5.41, 5.74) is 0.698. The Balaban J connectivity index is 1.93. The molecule has 172 valence electrons. The molecule has 0 aliphatic carbocycles. The number of hydrogen-bond donors (Lipinski definition) is 0. The number of ether oxygens (including phenoxy) is 3.